The lowest BCUT2D eigenvalue weighted by Gasteiger charge is -2.14. The third-order valence-electron chi connectivity index (χ3n) is 12.0. The number of rotatable bonds is 7. The lowest BCUT2D eigenvalue weighted by Crippen LogP contribution is -2.00. The number of hydrogen-bond acceptors (Lipinski definition) is 2. The van der Waals surface area contributed by atoms with Crippen LogP contribution in [0.15, 0.2) is 224 Å². The topological polar surface area (TPSA) is 40.6 Å². The van der Waals surface area contributed by atoms with Crippen molar-refractivity contribution in [1.29, 1.82) is 0 Å². The molecule has 286 valence electrons. The van der Waals surface area contributed by atoms with E-state index < -0.39 is 0 Å². The molecule has 5 nitrogen and oxygen atoms in total. The molecule has 12 aromatic rings. The molecule has 61 heavy (non-hydrogen) atoms. The Morgan fingerprint density at radius 3 is 0.951 bits per heavy atom. The predicted molar refractivity (Wildman–Crippen MR) is 252 cm³/mol. The summed E-state index contributed by atoms with van der Waals surface area (Å²) < 4.78 is 6.91. The van der Waals surface area contributed by atoms with Crippen molar-refractivity contribution in [2.45, 2.75) is 0 Å². The van der Waals surface area contributed by atoms with Crippen molar-refractivity contribution in [3.63, 3.8) is 0 Å². The van der Waals surface area contributed by atoms with Crippen LogP contribution in [0.5, 0.6) is 0 Å². The summed E-state index contributed by atoms with van der Waals surface area (Å²) in [6, 6.07) is 79.9. The molecule has 0 amide bonds. The third-order valence-corrected chi connectivity index (χ3v) is 12.0. The van der Waals surface area contributed by atoms with Gasteiger partial charge in [0.1, 0.15) is 0 Å². The molecule has 0 spiro atoms. The molecule has 0 saturated carbocycles. The number of nitrogens with zero attached hydrogens (tertiary/aromatic N) is 5. The quantitative estimate of drug-likeness (QED) is 0.162. The number of benzene rings is 9. The van der Waals surface area contributed by atoms with Gasteiger partial charge in [-0.25, -0.2) is 0 Å². The summed E-state index contributed by atoms with van der Waals surface area (Å²) >= 11 is 0. The summed E-state index contributed by atoms with van der Waals surface area (Å²) in [5.74, 6) is 1.56. The minimum absolute atomic E-state index is 0.778. The van der Waals surface area contributed by atoms with E-state index in [0.29, 0.717) is 0 Å². The van der Waals surface area contributed by atoms with E-state index in [9.17, 15) is 0 Å². The smallest absolute Gasteiger partial charge is 0.168 e. The van der Waals surface area contributed by atoms with Gasteiger partial charge in [-0.05, 0) is 95.1 Å². The van der Waals surface area contributed by atoms with E-state index in [1.165, 1.54) is 43.6 Å². The maximum Gasteiger partial charge on any atom is 0.168 e. The summed E-state index contributed by atoms with van der Waals surface area (Å²) in [5, 5.41) is 14.8. The fourth-order valence-corrected chi connectivity index (χ4v) is 9.21. The summed E-state index contributed by atoms with van der Waals surface area (Å²) in [7, 11) is 0. The highest BCUT2D eigenvalue weighted by molar-refractivity contribution is 6.10. The fourth-order valence-electron chi connectivity index (χ4n) is 9.21. The maximum atomic E-state index is 4.91. The first-order valence-corrected chi connectivity index (χ1v) is 20.7. The molecular formula is C56H37N5. The molecule has 12 rings (SSSR count). The van der Waals surface area contributed by atoms with E-state index in [4.69, 9.17) is 10.2 Å². The van der Waals surface area contributed by atoms with Gasteiger partial charge in [0, 0.05) is 49.7 Å². The molecule has 0 aliphatic rings. The summed E-state index contributed by atoms with van der Waals surface area (Å²) in [6.45, 7) is 0. The standard InChI is InChI=1S/C56H37N5/c1-2-22-44(23-3-1)61-55(42-20-12-16-38(34-42)40-18-14-24-45(36-40)59-51-30-8-4-26-47(51)48-27-5-9-31-52(48)59)57-58-56(61)43-21-13-17-39(35-43)41-19-15-25-46(37-41)60-53-32-10-6-28-49(53)50-29-7-11-33-54(50)60/h1-37H. The largest absolute Gasteiger partial charge is 0.309 e. The van der Waals surface area contributed by atoms with Gasteiger partial charge in [-0.2, -0.15) is 0 Å². The molecule has 9 aromatic carbocycles. The Labute approximate surface area is 352 Å². The first kappa shape index (κ1) is 34.7. The molecule has 0 bridgehead atoms. The molecule has 3 heterocycles. The van der Waals surface area contributed by atoms with Crippen LogP contribution in [0, 0.1) is 0 Å². The Bertz CT molecular complexity index is 3280. The van der Waals surface area contributed by atoms with Gasteiger partial charge in [0.15, 0.2) is 11.6 Å². The first-order valence-electron chi connectivity index (χ1n) is 20.7. The summed E-state index contributed by atoms with van der Waals surface area (Å²) in [6.07, 6.45) is 0. The lowest BCUT2D eigenvalue weighted by atomic mass is 10.0. The van der Waals surface area contributed by atoms with Crippen molar-refractivity contribution < 1.29 is 0 Å². The highest BCUT2D eigenvalue weighted by atomic mass is 15.3. The van der Waals surface area contributed by atoms with Crippen molar-refractivity contribution >= 4 is 43.6 Å². The molecule has 0 aliphatic heterocycles. The SMILES string of the molecule is c1ccc(-n2c(-c3cccc(-c4cccc(-n5c6ccccc6c6ccccc65)c4)c3)nnc2-c2cccc(-c3cccc(-n4c5ccccc5c5ccccc54)c3)c2)cc1. The average molecular weight is 780 g/mol. The lowest BCUT2D eigenvalue weighted by molar-refractivity contribution is 1.07. The first-order chi connectivity index (χ1) is 30.3. The van der Waals surface area contributed by atoms with Crippen LogP contribution in [0.2, 0.25) is 0 Å². The fraction of sp³-hybridized carbons (Fsp3) is 0. The number of aromatic nitrogens is 5. The zero-order valence-corrected chi connectivity index (χ0v) is 33.1. The van der Waals surface area contributed by atoms with E-state index >= 15 is 0 Å². The van der Waals surface area contributed by atoms with Gasteiger partial charge in [-0.1, -0.05) is 152 Å². The molecule has 0 unspecified atom stereocenters. The number of fused-ring (bicyclic) bond motifs is 6. The van der Waals surface area contributed by atoms with Gasteiger partial charge in [-0.15, -0.1) is 10.2 Å². The molecule has 5 heteroatoms. The van der Waals surface area contributed by atoms with E-state index in [2.05, 4.69) is 232 Å². The van der Waals surface area contributed by atoms with Crippen molar-refractivity contribution in [1.82, 2.24) is 23.9 Å². The van der Waals surface area contributed by atoms with Crippen LogP contribution in [0.1, 0.15) is 0 Å². The van der Waals surface area contributed by atoms with Gasteiger partial charge in [0.25, 0.3) is 0 Å². The minimum Gasteiger partial charge on any atom is -0.309 e. The Morgan fingerprint density at radius 2 is 0.541 bits per heavy atom. The summed E-state index contributed by atoms with van der Waals surface area (Å²) in [5.41, 5.74) is 14.4. The Kier molecular flexibility index (Phi) is 8.10. The zero-order valence-electron chi connectivity index (χ0n) is 33.1. The van der Waals surface area contributed by atoms with Crippen LogP contribution in [-0.2, 0) is 0 Å². The van der Waals surface area contributed by atoms with Gasteiger partial charge in [-0.3, -0.25) is 4.57 Å². The van der Waals surface area contributed by atoms with E-state index in [0.717, 1.165) is 62.1 Å². The number of para-hydroxylation sites is 5. The molecule has 0 aliphatic carbocycles. The Hall–Kier alpha value is -8.28. The molecule has 0 saturated heterocycles. The van der Waals surface area contributed by atoms with Crippen molar-refractivity contribution in [2.75, 3.05) is 0 Å². The van der Waals surface area contributed by atoms with Crippen LogP contribution < -0.4 is 0 Å². The van der Waals surface area contributed by atoms with Gasteiger partial charge in [0.05, 0.1) is 22.1 Å². The van der Waals surface area contributed by atoms with Gasteiger partial charge < -0.3 is 9.13 Å². The number of hydrogen-bond donors (Lipinski definition) is 0. The summed E-state index contributed by atoms with van der Waals surface area (Å²) in [4.78, 5) is 0. The average Bonchev–Trinajstić information content (AvgIpc) is 4.03. The molecule has 3 aromatic heterocycles. The van der Waals surface area contributed by atoms with Crippen molar-refractivity contribution in [3.8, 4) is 62.1 Å². The molecule has 0 atom stereocenters. The Morgan fingerprint density at radius 1 is 0.230 bits per heavy atom. The molecular weight excluding hydrogens is 743 g/mol. The molecule has 0 radical (unpaired) electrons. The molecule has 0 fully saturated rings. The van der Waals surface area contributed by atoms with Crippen LogP contribution in [0.25, 0.3) is 106 Å². The Balaban J connectivity index is 0.943. The van der Waals surface area contributed by atoms with E-state index in [1.54, 1.807) is 0 Å². The third kappa shape index (κ3) is 5.78. The van der Waals surface area contributed by atoms with Crippen molar-refractivity contribution in [3.05, 3.63) is 224 Å². The minimum atomic E-state index is 0.778. The second-order valence-electron chi connectivity index (χ2n) is 15.5. The predicted octanol–water partition coefficient (Wildman–Crippen LogP) is 14.1. The van der Waals surface area contributed by atoms with Crippen LogP contribution in [-0.4, -0.2) is 23.9 Å². The monoisotopic (exact) mass is 779 g/mol. The van der Waals surface area contributed by atoms with Gasteiger partial charge >= 0.3 is 0 Å². The highest BCUT2D eigenvalue weighted by Crippen LogP contribution is 2.37. The second kappa shape index (κ2) is 14.2. The van der Waals surface area contributed by atoms with E-state index in [-0.39, 0.29) is 0 Å². The highest BCUT2D eigenvalue weighted by Gasteiger charge is 2.20. The second-order valence-corrected chi connectivity index (χ2v) is 15.5. The van der Waals surface area contributed by atoms with Crippen molar-refractivity contribution in [2.24, 2.45) is 0 Å². The van der Waals surface area contributed by atoms with Gasteiger partial charge in [0.2, 0.25) is 0 Å². The van der Waals surface area contributed by atoms with Crippen LogP contribution >= 0.6 is 0 Å². The zero-order chi connectivity index (χ0) is 40.3. The normalized spacial score (nSPS) is 11.6. The maximum absolute atomic E-state index is 4.91. The van der Waals surface area contributed by atoms with Crippen LogP contribution in [0.3, 0.4) is 0 Å². The molecule has 0 N–H and O–H groups in total. The van der Waals surface area contributed by atoms with E-state index in [1.807, 2.05) is 6.07 Å². The van der Waals surface area contributed by atoms with Crippen LogP contribution in [0.4, 0.5) is 0 Å².